The first-order valence-corrected chi connectivity index (χ1v) is 9.60. The molecule has 106 valence electrons. The minimum atomic E-state index is -1.01. The fourth-order valence-corrected chi connectivity index (χ4v) is 6.33. The first-order chi connectivity index (χ1) is 8.84. The van der Waals surface area contributed by atoms with Crippen LogP contribution in [0.4, 0.5) is 0 Å². The van der Waals surface area contributed by atoms with E-state index < -0.39 is 11.0 Å². The zero-order valence-electron chi connectivity index (χ0n) is 11.7. The van der Waals surface area contributed by atoms with E-state index in [1.807, 2.05) is 6.92 Å². The van der Waals surface area contributed by atoms with Gasteiger partial charge in [-0.25, -0.2) is 0 Å². The van der Waals surface area contributed by atoms with Gasteiger partial charge in [0.1, 0.15) is 11.4 Å². The molecule has 0 radical (unpaired) electrons. The summed E-state index contributed by atoms with van der Waals surface area (Å²) >= 11 is 0. The van der Waals surface area contributed by atoms with E-state index in [0.717, 1.165) is 12.0 Å². The van der Waals surface area contributed by atoms with Crippen molar-refractivity contribution in [1.82, 2.24) is 0 Å². The maximum Gasteiger partial charge on any atom is 0.146 e. The molecule has 2 bridgehead atoms. The highest BCUT2D eigenvalue weighted by Gasteiger charge is 2.79. The normalized spacial score (nSPS) is 47.8. The SMILES string of the molecule is CC1=CCC2[C@@H](OPP)[C@]3(O)CCC(=O)C13C2(C)C. The predicted molar refractivity (Wildman–Crippen MR) is 80.2 cm³/mol. The molecule has 0 amide bonds. The average Bonchev–Trinajstić information content (AvgIpc) is 2.63. The van der Waals surface area contributed by atoms with Crippen LogP contribution in [-0.4, -0.2) is 22.6 Å². The van der Waals surface area contributed by atoms with Gasteiger partial charge in [-0.1, -0.05) is 34.4 Å². The van der Waals surface area contributed by atoms with Gasteiger partial charge in [0.25, 0.3) is 0 Å². The van der Waals surface area contributed by atoms with Gasteiger partial charge in [-0.15, -0.1) is 0 Å². The summed E-state index contributed by atoms with van der Waals surface area (Å²) in [5.41, 5.74) is -0.920. The summed E-state index contributed by atoms with van der Waals surface area (Å²) in [5.74, 6) is 0.426. The van der Waals surface area contributed by atoms with E-state index in [4.69, 9.17) is 4.52 Å². The summed E-state index contributed by atoms with van der Waals surface area (Å²) in [6.45, 7) is 6.28. The molecule has 0 aromatic carbocycles. The quantitative estimate of drug-likeness (QED) is 0.630. The molecule has 1 N–H and O–H groups in total. The molecular weight excluding hydrogens is 278 g/mol. The van der Waals surface area contributed by atoms with E-state index >= 15 is 0 Å². The molecular formula is C14H22O3P2. The number of fused-ring (bicyclic) bond motifs is 1. The molecule has 3 rings (SSSR count). The third-order valence-corrected chi connectivity index (χ3v) is 6.79. The van der Waals surface area contributed by atoms with Gasteiger partial charge in [0.2, 0.25) is 0 Å². The van der Waals surface area contributed by atoms with Gasteiger partial charge in [0, 0.05) is 14.9 Å². The van der Waals surface area contributed by atoms with Crippen molar-refractivity contribution in [2.75, 3.05) is 0 Å². The number of aliphatic hydroxyl groups is 1. The molecule has 0 heterocycles. The van der Waals surface area contributed by atoms with E-state index in [1.54, 1.807) is 0 Å². The number of Topliss-reactive ketones (excluding diaryl/α,β-unsaturated/α-hetero) is 1. The largest absolute Gasteiger partial charge is 0.386 e. The highest BCUT2D eigenvalue weighted by molar-refractivity contribution is 8.00. The Morgan fingerprint density at radius 2 is 2.21 bits per heavy atom. The molecule has 3 aliphatic rings. The summed E-state index contributed by atoms with van der Waals surface area (Å²) in [5, 5.41) is 11.4. The molecule has 3 nitrogen and oxygen atoms in total. The molecule has 1 spiro atoms. The Labute approximate surface area is 118 Å². The Kier molecular flexibility index (Phi) is 3.05. The van der Waals surface area contributed by atoms with Crippen LogP contribution in [0.5, 0.6) is 0 Å². The molecule has 0 aromatic rings. The van der Waals surface area contributed by atoms with Crippen LogP contribution in [0, 0.1) is 16.7 Å². The van der Waals surface area contributed by atoms with Crippen LogP contribution < -0.4 is 0 Å². The summed E-state index contributed by atoms with van der Waals surface area (Å²) in [6, 6.07) is 0. The van der Waals surface area contributed by atoms with Crippen molar-refractivity contribution in [3.05, 3.63) is 11.6 Å². The van der Waals surface area contributed by atoms with Crippen LogP contribution in [0.15, 0.2) is 11.6 Å². The van der Waals surface area contributed by atoms with Crippen molar-refractivity contribution in [2.24, 2.45) is 16.7 Å². The van der Waals surface area contributed by atoms with Crippen LogP contribution in [0.25, 0.3) is 0 Å². The Hall–Kier alpha value is 0.190. The number of hydrogen-bond acceptors (Lipinski definition) is 3. The van der Waals surface area contributed by atoms with Crippen molar-refractivity contribution >= 4 is 23.2 Å². The molecule has 0 saturated heterocycles. The van der Waals surface area contributed by atoms with Crippen molar-refractivity contribution in [3.8, 4) is 0 Å². The zero-order chi connectivity index (χ0) is 14.1. The van der Waals surface area contributed by atoms with Crippen molar-refractivity contribution in [2.45, 2.75) is 51.7 Å². The van der Waals surface area contributed by atoms with Gasteiger partial charge < -0.3 is 9.63 Å². The van der Waals surface area contributed by atoms with Crippen molar-refractivity contribution in [3.63, 3.8) is 0 Å². The molecule has 6 atom stereocenters. The minimum absolute atomic E-state index is 0.205. The second-order valence-electron chi connectivity index (χ2n) is 6.70. The lowest BCUT2D eigenvalue weighted by Crippen LogP contribution is -2.54. The fourth-order valence-electron chi connectivity index (χ4n) is 5.38. The van der Waals surface area contributed by atoms with Gasteiger partial charge in [-0.2, -0.15) is 0 Å². The molecule has 0 aliphatic heterocycles. The van der Waals surface area contributed by atoms with E-state index in [0.29, 0.717) is 12.8 Å². The van der Waals surface area contributed by atoms with E-state index in [9.17, 15) is 9.90 Å². The lowest BCUT2D eigenvalue weighted by Gasteiger charge is -2.48. The van der Waals surface area contributed by atoms with Gasteiger partial charge in [-0.3, -0.25) is 4.79 Å². The number of rotatable bonds is 2. The Morgan fingerprint density at radius 1 is 1.53 bits per heavy atom. The monoisotopic (exact) mass is 300 g/mol. The summed E-state index contributed by atoms with van der Waals surface area (Å²) < 4.78 is 5.92. The summed E-state index contributed by atoms with van der Waals surface area (Å²) in [7, 11) is 2.85. The first kappa shape index (κ1) is 14.1. The van der Waals surface area contributed by atoms with Gasteiger partial charge in [0.15, 0.2) is 0 Å². The summed E-state index contributed by atoms with van der Waals surface area (Å²) in [6.07, 6.45) is 3.84. The van der Waals surface area contributed by atoms with Crippen LogP contribution in [-0.2, 0) is 9.32 Å². The standard InChI is InChI=1S/C14H22O3P2/c1-8-4-5-9-11(17-19-18)13(16)7-6-10(15)14(8,13)12(9,2)3/h4,9,11,16,19H,5-7,18H2,1-3H3/t9?,11-,13-,14?/m1/s1. The Balaban J connectivity index is 2.26. The molecule has 4 unspecified atom stereocenters. The predicted octanol–water partition coefficient (Wildman–Crippen LogP) is 2.84. The second kappa shape index (κ2) is 4.10. The van der Waals surface area contributed by atoms with Crippen LogP contribution in [0.1, 0.15) is 40.0 Å². The van der Waals surface area contributed by atoms with Gasteiger partial charge in [-0.05, 0) is 31.1 Å². The van der Waals surface area contributed by atoms with Crippen LogP contribution in [0.3, 0.4) is 0 Å². The smallest absolute Gasteiger partial charge is 0.146 e. The van der Waals surface area contributed by atoms with E-state index in [1.165, 1.54) is 0 Å². The van der Waals surface area contributed by atoms with Gasteiger partial charge >= 0.3 is 0 Å². The van der Waals surface area contributed by atoms with E-state index in [-0.39, 0.29) is 31.7 Å². The zero-order valence-corrected chi connectivity index (χ0v) is 13.8. The maximum atomic E-state index is 12.7. The second-order valence-corrected chi connectivity index (χ2v) is 7.88. The first-order valence-electron chi connectivity index (χ1n) is 6.88. The van der Waals surface area contributed by atoms with Gasteiger partial charge in [0.05, 0.1) is 11.5 Å². The molecule has 5 heteroatoms. The lowest BCUT2D eigenvalue weighted by molar-refractivity contribution is -0.141. The van der Waals surface area contributed by atoms with Crippen LogP contribution >= 0.6 is 17.4 Å². The Morgan fingerprint density at radius 3 is 2.84 bits per heavy atom. The molecule has 0 aromatic heterocycles. The van der Waals surface area contributed by atoms with E-state index in [2.05, 4.69) is 28.9 Å². The number of ketones is 1. The number of hydrogen-bond donors (Lipinski definition) is 1. The molecule has 2 fully saturated rings. The van der Waals surface area contributed by atoms with Crippen molar-refractivity contribution in [1.29, 1.82) is 0 Å². The third-order valence-electron chi connectivity index (χ3n) is 5.99. The lowest BCUT2D eigenvalue weighted by atomic mass is 9.55. The highest BCUT2D eigenvalue weighted by Crippen LogP contribution is 2.73. The molecule has 2 saturated carbocycles. The Bertz CT molecular complexity index is 473. The number of allylic oxidation sites excluding steroid dienone is 1. The molecule has 3 aliphatic carbocycles. The third kappa shape index (κ3) is 1.32. The topological polar surface area (TPSA) is 46.5 Å². The fraction of sp³-hybridized carbons (Fsp3) is 0.786. The average molecular weight is 300 g/mol. The number of carbonyl (C=O) groups is 1. The molecule has 19 heavy (non-hydrogen) atoms. The highest BCUT2D eigenvalue weighted by atomic mass is 32.0. The van der Waals surface area contributed by atoms with Crippen molar-refractivity contribution < 1.29 is 14.4 Å². The van der Waals surface area contributed by atoms with Crippen LogP contribution in [0.2, 0.25) is 0 Å². The summed E-state index contributed by atoms with van der Waals surface area (Å²) in [4.78, 5) is 12.7. The minimum Gasteiger partial charge on any atom is -0.386 e. The maximum absolute atomic E-state index is 12.7. The number of carbonyl (C=O) groups excluding carboxylic acids is 1.